The summed E-state index contributed by atoms with van der Waals surface area (Å²) in [6.45, 7) is 8.05. The van der Waals surface area contributed by atoms with Crippen molar-refractivity contribution in [1.29, 1.82) is 0 Å². The highest BCUT2D eigenvalue weighted by molar-refractivity contribution is 5.95. The molecular formula is C16H25N3O2. The minimum absolute atomic E-state index is 0.0445. The minimum atomic E-state index is -0.0948. The summed E-state index contributed by atoms with van der Waals surface area (Å²) in [5.41, 5.74) is 1.36. The predicted molar refractivity (Wildman–Crippen MR) is 86.3 cm³/mol. The first-order valence-corrected chi connectivity index (χ1v) is 7.36. The molecule has 116 valence electrons. The van der Waals surface area contributed by atoms with Crippen molar-refractivity contribution in [1.82, 2.24) is 5.32 Å². The molecule has 3 N–H and O–H groups in total. The lowest BCUT2D eigenvalue weighted by molar-refractivity contribution is -0.119. The lowest BCUT2D eigenvalue weighted by Crippen LogP contribution is -2.33. The average Bonchev–Trinajstić information content (AvgIpc) is 2.44. The Morgan fingerprint density at radius 3 is 2.29 bits per heavy atom. The molecule has 0 saturated heterocycles. The van der Waals surface area contributed by atoms with Crippen LogP contribution in [0.4, 0.5) is 11.4 Å². The molecule has 1 aromatic rings. The highest BCUT2D eigenvalue weighted by Crippen LogP contribution is 2.15. The maximum absolute atomic E-state index is 11.8. The van der Waals surface area contributed by atoms with E-state index in [1.165, 1.54) is 0 Å². The van der Waals surface area contributed by atoms with E-state index in [2.05, 4.69) is 22.9 Å². The van der Waals surface area contributed by atoms with Gasteiger partial charge in [-0.25, -0.2) is 0 Å². The molecule has 1 unspecified atom stereocenters. The van der Waals surface area contributed by atoms with Gasteiger partial charge in [-0.2, -0.15) is 0 Å². The van der Waals surface area contributed by atoms with Crippen molar-refractivity contribution in [3.63, 3.8) is 0 Å². The fourth-order valence-corrected chi connectivity index (χ4v) is 1.58. The number of anilines is 2. The molecular weight excluding hydrogens is 266 g/mol. The second-order valence-corrected chi connectivity index (χ2v) is 5.46. The first-order valence-electron chi connectivity index (χ1n) is 7.36. The van der Waals surface area contributed by atoms with Crippen LogP contribution in [0.5, 0.6) is 0 Å². The van der Waals surface area contributed by atoms with E-state index in [1.54, 1.807) is 24.3 Å². The molecule has 0 aliphatic carbocycles. The van der Waals surface area contributed by atoms with Crippen molar-refractivity contribution in [2.75, 3.05) is 17.2 Å². The van der Waals surface area contributed by atoms with Gasteiger partial charge in [0.1, 0.15) is 0 Å². The SMILES string of the molecule is CCC(C)NCC(=O)Nc1cccc(NC(=O)C(C)C)c1. The fraction of sp³-hybridized carbons (Fsp3) is 0.500. The average molecular weight is 291 g/mol. The van der Waals surface area contributed by atoms with E-state index in [-0.39, 0.29) is 24.3 Å². The second-order valence-electron chi connectivity index (χ2n) is 5.46. The first-order chi connectivity index (χ1) is 9.92. The van der Waals surface area contributed by atoms with Crippen molar-refractivity contribution < 1.29 is 9.59 Å². The molecule has 0 fully saturated rings. The Morgan fingerprint density at radius 1 is 1.10 bits per heavy atom. The molecule has 0 saturated carbocycles. The van der Waals surface area contributed by atoms with E-state index in [1.807, 2.05) is 20.8 Å². The van der Waals surface area contributed by atoms with Crippen molar-refractivity contribution in [2.24, 2.45) is 5.92 Å². The Kier molecular flexibility index (Phi) is 6.88. The lowest BCUT2D eigenvalue weighted by atomic mass is 10.2. The normalized spacial score (nSPS) is 12.0. The summed E-state index contributed by atoms with van der Waals surface area (Å²) in [6, 6.07) is 7.46. The van der Waals surface area contributed by atoms with E-state index in [4.69, 9.17) is 0 Å². The molecule has 5 nitrogen and oxygen atoms in total. The lowest BCUT2D eigenvalue weighted by Gasteiger charge is -2.12. The molecule has 5 heteroatoms. The smallest absolute Gasteiger partial charge is 0.238 e. The van der Waals surface area contributed by atoms with E-state index in [0.717, 1.165) is 6.42 Å². The Labute approximate surface area is 126 Å². The monoisotopic (exact) mass is 291 g/mol. The van der Waals surface area contributed by atoms with E-state index in [9.17, 15) is 9.59 Å². The molecule has 1 aromatic carbocycles. The van der Waals surface area contributed by atoms with Gasteiger partial charge in [0.05, 0.1) is 6.54 Å². The zero-order chi connectivity index (χ0) is 15.8. The van der Waals surface area contributed by atoms with Crippen molar-refractivity contribution in [2.45, 2.75) is 40.2 Å². The van der Waals surface area contributed by atoms with Gasteiger partial charge in [0.15, 0.2) is 0 Å². The highest BCUT2D eigenvalue weighted by Gasteiger charge is 2.08. The van der Waals surface area contributed by atoms with Crippen LogP contribution in [0.25, 0.3) is 0 Å². The summed E-state index contributed by atoms with van der Waals surface area (Å²) in [6.07, 6.45) is 0.976. The maximum Gasteiger partial charge on any atom is 0.238 e. The third kappa shape index (κ3) is 6.40. The van der Waals surface area contributed by atoms with Gasteiger partial charge >= 0.3 is 0 Å². The summed E-state index contributed by atoms with van der Waals surface area (Å²) in [5.74, 6) is -0.220. The van der Waals surface area contributed by atoms with Crippen molar-refractivity contribution in [3.8, 4) is 0 Å². The maximum atomic E-state index is 11.8. The molecule has 0 aromatic heterocycles. The molecule has 2 amide bonds. The Balaban J connectivity index is 2.56. The largest absolute Gasteiger partial charge is 0.326 e. The summed E-state index contributed by atoms with van der Waals surface area (Å²) in [7, 11) is 0. The van der Waals surface area contributed by atoms with Crippen LogP contribution in [0, 0.1) is 5.92 Å². The number of hydrogen-bond donors (Lipinski definition) is 3. The zero-order valence-corrected chi connectivity index (χ0v) is 13.2. The molecule has 1 atom stereocenters. The van der Waals surface area contributed by atoms with Crippen molar-refractivity contribution in [3.05, 3.63) is 24.3 Å². The van der Waals surface area contributed by atoms with Gasteiger partial charge in [0.2, 0.25) is 11.8 Å². The van der Waals surface area contributed by atoms with Crippen LogP contribution in [0.15, 0.2) is 24.3 Å². The van der Waals surface area contributed by atoms with Gasteiger partial charge in [0, 0.05) is 23.3 Å². The molecule has 0 bridgehead atoms. The van der Waals surface area contributed by atoms with Gasteiger partial charge in [-0.15, -0.1) is 0 Å². The van der Waals surface area contributed by atoms with Gasteiger partial charge in [0.25, 0.3) is 0 Å². The Hall–Kier alpha value is -1.88. The summed E-state index contributed by atoms with van der Waals surface area (Å²) >= 11 is 0. The van der Waals surface area contributed by atoms with Crippen LogP contribution in [0.2, 0.25) is 0 Å². The van der Waals surface area contributed by atoms with E-state index in [0.29, 0.717) is 17.4 Å². The summed E-state index contributed by atoms with van der Waals surface area (Å²) < 4.78 is 0. The van der Waals surface area contributed by atoms with Gasteiger partial charge in [-0.05, 0) is 31.5 Å². The third-order valence-electron chi connectivity index (χ3n) is 3.16. The number of carbonyl (C=O) groups excluding carboxylic acids is 2. The topological polar surface area (TPSA) is 70.2 Å². The fourth-order valence-electron chi connectivity index (χ4n) is 1.58. The van der Waals surface area contributed by atoms with Crippen LogP contribution in [-0.2, 0) is 9.59 Å². The van der Waals surface area contributed by atoms with Gasteiger partial charge < -0.3 is 16.0 Å². The molecule has 0 radical (unpaired) electrons. The van der Waals surface area contributed by atoms with E-state index < -0.39 is 0 Å². The first kappa shape index (κ1) is 17.2. The zero-order valence-electron chi connectivity index (χ0n) is 13.2. The number of benzene rings is 1. The Bertz CT molecular complexity index is 486. The molecule has 1 rings (SSSR count). The summed E-state index contributed by atoms with van der Waals surface area (Å²) in [4.78, 5) is 23.5. The molecule has 0 heterocycles. The van der Waals surface area contributed by atoms with Crippen LogP contribution in [0.3, 0.4) is 0 Å². The molecule has 0 aliphatic heterocycles. The van der Waals surface area contributed by atoms with Crippen LogP contribution >= 0.6 is 0 Å². The Morgan fingerprint density at radius 2 is 1.71 bits per heavy atom. The molecule has 0 spiro atoms. The minimum Gasteiger partial charge on any atom is -0.326 e. The number of carbonyl (C=O) groups is 2. The summed E-state index contributed by atoms with van der Waals surface area (Å²) in [5, 5.41) is 8.75. The molecule has 21 heavy (non-hydrogen) atoms. The quantitative estimate of drug-likeness (QED) is 0.723. The van der Waals surface area contributed by atoms with Gasteiger partial charge in [-0.1, -0.05) is 26.8 Å². The van der Waals surface area contributed by atoms with Gasteiger partial charge in [-0.3, -0.25) is 9.59 Å². The van der Waals surface area contributed by atoms with Crippen LogP contribution < -0.4 is 16.0 Å². The number of rotatable bonds is 7. The van der Waals surface area contributed by atoms with Crippen molar-refractivity contribution >= 4 is 23.2 Å². The number of amides is 2. The third-order valence-corrected chi connectivity index (χ3v) is 3.16. The van der Waals surface area contributed by atoms with Crippen LogP contribution in [-0.4, -0.2) is 24.4 Å². The highest BCUT2D eigenvalue weighted by atomic mass is 16.2. The predicted octanol–water partition coefficient (Wildman–Crippen LogP) is 2.61. The standard InChI is InChI=1S/C16H25N3O2/c1-5-12(4)17-10-15(20)18-13-7-6-8-14(9-13)19-16(21)11(2)3/h6-9,11-12,17H,5,10H2,1-4H3,(H,18,20)(H,19,21). The van der Waals surface area contributed by atoms with Crippen LogP contribution in [0.1, 0.15) is 34.1 Å². The van der Waals surface area contributed by atoms with E-state index >= 15 is 0 Å². The molecule has 0 aliphatic rings. The number of hydrogen-bond acceptors (Lipinski definition) is 3. The number of nitrogens with one attached hydrogen (secondary N) is 3. The second kappa shape index (κ2) is 8.42.